The smallest absolute Gasteiger partial charge is 0.0555 e. The third-order valence-electron chi connectivity index (χ3n) is 11.3. The van der Waals surface area contributed by atoms with E-state index < -0.39 is 0 Å². The lowest BCUT2D eigenvalue weighted by atomic mass is 9.82. The van der Waals surface area contributed by atoms with Crippen LogP contribution in [0.3, 0.4) is 0 Å². The molecule has 0 fully saturated rings. The summed E-state index contributed by atoms with van der Waals surface area (Å²) in [7, 11) is 0. The van der Waals surface area contributed by atoms with E-state index in [0.717, 1.165) is 5.69 Å². The van der Waals surface area contributed by atoms with Gasteiger partial charge in [-0.2, -0.15) is 0 Å². The highest BCUT2D eigenvalue weighted by molar-refractivity contribution is 7.27. The van der Waals surface area contributed by atoms with Gasteiger partial charge in [-0.05, 0) is 75.0 Å². The van der Waals surface area contributed by atoms with E-state index in [0.29, 0.717) is 0 Å². The molecular weight excluding hydrogens is 667 g/mol. The van der Waals surface area contributed by atoms with E-state index in [1.165, 1.54) is 95.9 Å². The van der Waals surface area contributed by atoms with E-state index in [2.05, 4.69) is 183 Å². The second-order valence-electron chi connectivity index (χ2n) is 14.4. The summed E-state index contributed by atoms with van der Waals surface area (Å²) in [6, 6.07) is 60.9. The molecule has 0 amide bonds. The normalized spacial score (nSPS) is 13.3. The Morgan fingerprint density at radius 3 is 2.00 bits per heavy atom. The molecule has 0 bridgehead atoms. The van der Waals surface area contributed by atoms with Crippen molar-refractivity contribution in [3.63, 3.8) is 0 Å². The number of benzene rings is 8. The molecule has 0 radical (unpaired) electrons. The molecule has 2 heterocycles. The lowest BCUT2D eigenvalue weighted by Gasteiger charge is -2.29. The monoisotopic (exact) mass is 699 g/mol. The molecule has 0 spiro atoms. The Kier molecular flexibility index (Phi) is 6.41. The Morgan fingerprint density at radius 2 is 1.10 bits per heavy atom. The number of anilines is 3. The topological polar surface area (TPSA) is 3.24 Å². The summed E-state index contributed by atoms with van der Waals surface area (Å²) < 4.78 is 5.32. The van der Waals surface area contributed by atoms with E-state index in [9.17, 15) is 0 Å². The molecule has 52 heavy (non-hydrogen) atoms. The van der Waals surface area contributed by atoms with Crippen molar-refractivity contribution in [3.05, 3.63) is 175 Å². The highest BCUT2D eigenvalue weighted by Crippen LogP contribution is 2.55. The molecule has 0 N–H and O–H groups in total. The first kappa shape index (κ1) is 29.9. The summed E-state index contributed by atoms with van der Waals surface area (Å²) >= 11 is 3.79. The van der Waals surface area contributed by atoms with Crippen LogP contribution < -0.4 is 4.90 Å². The maximum absolute atomic E-state index is 2.52. The van der Waals surface area contributed by atoms with Gasteiger partial charge < -0.3 is 4.90 Å². The fourth-order valence-electron chi connectivity index (χ4n) is 8.82. The van der Waals surface area contributed by atoms with Gasteiger partial charge in [0.25, 0.3) is 0 Å². The molecule has 8 aromatic carbocycles. The highest BCUT2D eigenvalue weighted by atomic mass is 32.1. The van der Waals surface area contributed by atoms with Crippen molar-refractivity contribution < 1.29 is 0 Å². The minimum Gasteiger partial charge on any atom is -0.309 e. The first-order chi connectivity index (χ1) is 25.6. The van der Waals surface area contributed by atoms with Crippen LogP contribution in [0.25, 0.3) is 73.4 Å². The maximum Gasteiger partial charge on any atom is 0.0555 e. The molecule has 11 rings (SSSR count). The summed E-state index contributed by atoms with van der Waals surface area (Å²) in [5.74, 6) is 0. The van der Waals surface area contributed by atoms with Crippen molar-refractivity contribution in [2.75, 3.05) is 4.90 Å². The van der Waals surface area contributed by atoms with Crippen molar-refractivity contribution in [2.45, 2.75) is 19.3 Å². The van der Waals surface area contributed by atoms with Crippen molar-refractivity contribution in [3.8, 4) is 22.3 Å². The summed E-state index contributed by atoms with van der Waals surface area (Å²) in [6.45, 7) is 4.73. The van der Waals surface area contributed by atoms with Crippen molar-refractivity contribution in [1.29, 1.82) is 0 Å². The van der Waals surface area contributed by atoms with Gasteiger partial charge in [-0.1, -0.05) is 141 Å². The Labute approximate surface area is 310 Å². The molecule has 1 nitrogen and oxygen atoms in total. The standard InChI is InChI=1S/C49H33NS2/c1-49(2)39-18-7-5-14-37(39)45-40(49)19-10-20-41(45)50(42-21-11-23-44-46(42)38-15-6-8-22-43(38)51-44)32-27-24-31(25-28-32)34-16-9-17-35-36-29-26-30-12-3-4-13-33(30)48(36)52-47(34)35/h3-29H,1-2H3. The highest BCUT2D eigenvalue weighted by Gasteiger charge is 2.38. The van der Waals surface area contributed by atoms with E-state index in [-0.39, 0.29) is 5.41 Å². The zero-order chi connectivity index (χ0) is 34.6. The molecular formula is C49H33NS2. The number of hydrogen-bond donors (Lipinski definition) is 0. The van der Waals surface area contributed by atoms with Gasteiger partial charge in [0.15, 0.2) is 0 Å². The van der Waals surface area contributed by atoms with Crippen molar-refractivity contribution >= 4 is 90.9 Å². The number of fused-ring (bicyclic) bond motifs is 11. The fourth-order valence-corrected chi connectivity index (χ4v) is 11.3. The quantitative estimate of drug-likeness (QED) is 0.177. The van der Waals surface area contributed by atoms with Crippen LogP contribution in [-0.4, -0.2) is 0 Å². The van der Waals surface area contributed by atoms with E-state index in [1.54, 1.807) is 0 Å². The molecule has 2 aromatic heterocycles. The summed E-state index contributed by atoms with van der Waals surface area (Å²) in [5.41, 5.74) is 11.4. The van der Waals surface area contributed by atoms with Crippen LogP contribution in [0.5, 0.6) is 0 Å². The van der Waals surface area contributed by atoms with E-state index >= 15 is 0 Å². The molecule has 0 atom stereocenters. The Morgan fingerprint density at radius 1 is 0.442 bits per heavy atom. The van der Waals surface area contributed by atoms with Gasteiger partial charge in [-0.15, -0.1) is 22.7 Å². The van der Waals surface area contributed by atoms with Crippen LogP contribution in [-0.2, 0) is 5.41 Å². The molecule has 0 saturated heterocycles. The number of nitrogens with zero attached hydrogens (tertiary/aromatic N) is 1. The largest absolute Gasteiger partial charge is 0.309 e. The molecule has 1 aliphatic carbocycles. The second-order valence-corrected chi connectivity index (χ2v) is 16.6. The Balaban J connectivity index is 1.14. The number of rotatable bonds is 4. The predicted molar refractivity (Wildman–Crippen MR) is 227 cm³/mol. The number of hydrogen-bond acceptors (Lipinski definition) is 3. The van der Waals surface area contributed by atoms with Crippen LogP contribution in [0.15, 0.2) is 164 Å². The van der Waals surface area contributed by atoms with Crippen LogP contribution in [0, 0.1) is 0 Å². The minimum atomic E-state index is -0.0905. The third kappa shape index (κ3) is 4.21. The fraction of sp³-hybridized carbons (Fsp3) is 0.0612. The van der Waals surface area contributed by atoms with Gasteiger partial charge in [0, 0.05) is 57.0 Å². The third-order valence-corrected chi connectivity index (χ3v) is 13.7. The molecule has 246 valence electrons. The lowest BCUT2D eigenvalue weighted by molar-refractivity contribution is 0.660. The Hall–Kier alpha value is -5.74. The van der Waals surface area contributed by atoms with Gasteiger partial charge in [-0.3, -0.25) is 0 Å². The van der Waals surface area contributed by atoms with Crippen molar-refractivity contribution in [2.24, 2.45) is 0 Å². The number of thiophene rings is 2. The van der Waals surface area contributed by atoms with Gasteiger partial charge in [0.2, 0.25) is 0 Å². The van der Waals surface area contributed by atoms with Crippen LogP contribution in [0.1, 0.15) is 25.0 Å². The molecule has 1 aliphatic rings. The molecule has 3 heteroatoms. The summed E-state index contributed by atoms with van der Waals surface area (Å²) in [4.78, 5) is 2.52. The van der Waals surface area contributed by atoms with Crippen LogP contribution in [0.2, 0.25) is 0 Å². The summed E-state index contributed by atoms with van der Waals surface area (Å²) in [6.07, 6.45) is 0. The average Bonchev–Trinajstić information content (AvgIpc) is 3.84. The van der Waals surface area contributed by atoms with Crippen LogP contribution in [0.4, 0.5) is 17.1 Å². The lowest BCUT2D eigenvalue weighted by Crippen LogP contribution is -2.16. The Bertz CT molecular complexity index is 3050. The van der Waals surface area contributed by atoms with E-state index in [4.69, 9.17) is 0 Å². The van der Waals surface area contributed by atoms with Gasteiger partial charge in [0.05, 0.1) is 11.4 Å². The van der Waals surface area contributed by atoms with Crippen LogP contribution >= 0.6 is 22.7 Å². The molecule has 0 unspecified atom stereocenters. The summed E-state index contributed by atoms with van der Waals surface area (Å²) in [5, 5.41) is 7.88. The van der Waals surface area contributed by atoms with E-state index in [1.807, 2.05) is 22.7 Å². The molecule has 0 aliphatic heterocycles. The van der Waals surface area contributed by atoms with Gasteiger partial charge in [0.1, 0.15) is 0 Å². The predicted octanol–water partition coefficient (Wildman–Crippen LogP) is 15.0. The van der Waals surface area contributed by atoms with Crippen molar-refractivity contribution in [1.82, 2.24) is 0 Å². The SMILES string of the molecule is CC1(C)c2ccccc2-c2c(N(c3ccc(-c4cccc5c4sc4c6ccccc6ccc54)cc3)c3cccc4sc5ccccc5c34)cccc21. The second kappa shape index (κ2) is 11.1. The minimum absolute atomic E-state index is 0.0905. The zero-order valence-electron chi connectivity index (χ0n) is 28.9. The molecule has 0 saturated carbocycles. The first-order valence-corrected chi connectivity index (χ1v) is 19.6. The first-order valence-electron chi connectivity index (χ1n) is 17.9. The van der Waals surface area contributed by atoms with Gasteiger partial charge >= 0.3 is 0 Å². The maximum atomic E-state index is 2.52. The van der Waals surface area contributed by atoms with Gasteiger partial charge in [-0.25, -0.2) is 0 Å². The average molecular weight is 700 g/mol. The zero-order valence-corrected chi connectivity index (χ0v) is 30.5. The molecule has 10 aromatic rings.